The summed E-state index contributed by atoms with van der Waals surface area (Å²) < 4.78 is 39.0. The van der Waals surface area contributed by atoms with Gasteiger partial charge in [0.05, 0.1) is 24.9 Å². The van der Waals surface area contributed by atoms with E-state index in [1.165, 1.54) is 10.4 Å². The van der Waals surface area contributed by atoms with Gasteiger partial charge in [-0.1, -0.05) is 81.4 Å². The Labute approximate surface area is 229 Å². The molecule has 0 unspecified atom stereocenters. The molecule has 5 rings (SSSR count). The van der Waals surface area contributed by atoms with Gasteiger partial charge in [0, 0.05) is 6.42 Å². The number of hydrogen-bond donors (Lipinski definition) is 0. The SMILES string of the molecule is CC1(C)O[C@H]([C@H]2COC(C)(C)O2)[C@@H]2O[C@@](C)(CO[Si](c3ccccc3)(c3ccccc3)C(C)(C)C)C[C@@H]2O1. The molecule has 6 nitrogen and oxygen atoms in total. The summed E-state index contributed by atoms with van der Waals surface area (Å²) in [5.41, 5.74) is -0.542. The quantitative estimate of drug-likeness (QED) is 0.492. The molecule has 2 aromatic rings. The van der Waals surface area contributed by atoms with E-state index < -0.39 is 25.5 Å². The maximum atomic E-state index is 7.27. The second kappa shape index (κ2) is 9.80. The average Bonchev–Trinajstić information content (AvgIpc) is 3.37. The molecule has 3 aliphatic rings. The first-order valence-corrected chi connectivity index (χ1v) is 15.7. The van der Waals surface area contributed by atoms with Gasteiger partial charge in [0.2, 0.25) is 0 Å². The highest BCUT2D eigenvalue weighted by Crippen LogP contribution is 2.45. The Bertz CT molecular complexity index is 1060. The molecule has 5 atom stereocenters. The van der Waals surface area contributed by atoms with Crippen LogP contribution in [0.4, 0.5) is 0 Å². The molecule has 3 fully saturated rings. The number of benzene rings is 2. The summed E-state index contributed by atoms with van der Waals surface area (Å²) in [7, 11) is -2.70. The first-order valence-electron chi connectivity index (χ1n) is 13.8. The topological polar surface area (TPSA) is 55.4 Å². The molecule has 0 amide bonds. The molecule has 0 bridgehead atoms. The summed E-state index contributed by atoms with van der Waals surface area (Å²) in [6.45, 7) is 17.8. The van der Waals surface area contributed by atoms with Crippen LogP contribution in [0, 0.1) is 0 Å². The van der Waals surface area contributed by atoms with Gasteiger partial charge in [-0.3, -0.25) is 0 Å². The van der Waals surface area contributed by atoms with E-state index in [9.17, 15) is 0 Å². The Hall–Kier alpha value is -1.58. The molecule has 38 heavy (non-hydrogen) atoms. The molecule has 3 saturated heterocycles. The molecule has 0 radical (unpaired) electrons. The van der Waals surface area contributed by atoms with Crippen LogP contribution in [0.15, 0.2) is 60.7 Å². The van der Waals surface area contributed by atoms with Gasteiger partial charge < -0.3 is 28.1 Å². The van der Waals surface area contributed by atoms with E-state index in [1.54, 1.807) is 0 Å². The van der Waals surface area contributed by atoms with Crippen LogP contribution in [0.5, 0.6) is 0 Å². The first-order chi connectivity index (χ1) is 17.7. The molecule has 0 spiro atoms. The van der Waals surface area contributed by atoms with Gasteiger partial charge >= 0.3 is 0 Å². The second-order valence-corrected chi connectivity index (χ2v) is 17.5. The molecular formula is C31H44O6Si. The number of fused-ring (bicyclic) bond motifs is 1. The minimum atomic E-state index is -2.70. The monoisotopic (exact) mass is 540 g/mol. The summed E-state index contributed by atoms with van der Waals surface area (Å²) in [4.78, 5) is 0. The van der Waals surface area contributed by atoms with Crippen LogP contribution >= 0.6 is 0 Å². The second-order valence-electron chi connectivity index (χ2n) is 13.2. The lowest BCUT2D eigenvalue weighted by atomic mass is 9.96. The lowest BCUT2D eigenvalue weighted by molar-refractivity contribution is -0.339. The fraction of sp³-hybridized carbons (Fsp3) is 0.613. The van der Waals surface area contributed by atoms with Gasteiger partial charge in [0.25, 0.3) is 8.32 Å². The highest BCUT2D eigenvalue weighted by molar-refractivity contribution is 6.99. The normalized spacial score (nSPS) is 32.7. The van der Waals surface area contributed by atoms with E-state index in [4.69, 9.17) is 28.1 Å². The van der Waals surface area contributed by atoms with Gasteiger partial charge in [-0.05, 0) is 50.0 Å². The molecule has 0 aromatic heterocycles. The number of ether oxygens (including phenoxy) is 5. The summed E-state index contributed by atoms with van der Waals surface area (Å²) in [6.07, 6.45) is -0.182. The standard InChI is InChI=1S/C31H44O6Si/c1-28(2,3)38(22-15-11-9-12-16-22,23-17-13-10-14-18-23)33-21-31(8)19-24-26(37-31)27(36-30(6,7)34-24)25-20-32-29(4,5)35-25/h9-18,24-27H,19-21H2,1-8H3/t24-,25+,26+,27+,31+/m0/s1. The lowest BCUT2D eigenvalue weighted by Gasteiger charge is -2.45. The predicted octanol–water partition coefficient (Wildman–Crippen LogP) is 4.78. The smallest absolute Gasteiger partial charge is 0.261 e. The van der Waals surface area contributed by atoms with Crippen molar-refractivity contribution in [1.82, 2.24) is 0 Å². The molecule has 0 saturated carbocycles. The first kappa shape index (κ1) is 28.0. The van der Waals surface area contributed by atoms with Crippen LogP contribution in [-0.4, -0.2) is 63.1 Å². The summed E-state index contributed by atoms with van der Waals surface area (Å²) in [5.74, 6) is -1.38. The van der Waals surface area contributed by atoms with Crippen LogP contribution in [0.3, 0.4) is 0 Å². The fourth-order valence-electron chi connectivity index (χ4n) is 6.45. The Morgan fingerprint density at radius 2 is 1.26 bits per heavy atom. The van der Waals surface area contributed by atoms with Crippen molar-refractivity contribution >= 4 is 18.7 Å². The highest BCUT2D eigenvalue weighted by Gasteiger charge is 2.59. The third kappa shape index (κ3) is 5.27. The van der Waals surface area contributed by atoms with Crippen LogP contribution in [0.1, 0.15) is 61.8 Å². The average molecular weight is 541 g/mol. The van der Waals surface area contributed by atoms with Crippen molar-refractivity contribution in [2.75, 3.05) is 13.2 Å². The number of rotatable bonds is 6. The van der Waals surface area contributed by atoms with Gasteiger partial charge in [0.1, 0.15) is 18.3 Å². The van der Waals surface area contributed by atoms with Gasteiger partial charge in [-0.15, -0.1) is 0 Å². The predicted molar refractivity (Wildman–Crippen MR) is 150 cm³/mol. The summed E-state index contributed by atoms with van der Waals surface area (Å²) >= 11 is 0. The third-order valence-corrected chi connectivity index (χ3v) is 13.0. The summed E-state index contributed by atoms with van der Waals surface area (Å²) in [6, 6.07) is 21.5. The van der Waals surface area contributed by atoms with Crippen molar-refractivity contribution < 1.29 is 28.1 Å². The zero-order valence-electron chi connectivity index (χ0n) is 24.2. The Kier molecular flexibility index (Phi) is 7.21. The minimum Gasteiger partial charge on any atom is -0.404 e. The van der Waals surface area contributed by atoms with E-state index in [1.807, 2.05) is 27.7 Å². The molecule has 3 aliphatic heterocycles. The van der Waals surface area contributed by atoms with Crippen LogP contribution < -0.4 is 10.4 Å². The van der Waals surface area contributed by atoms with Gasteiger partial charge in [-0.2, -0.15) is 0 Å². The summed E-state index contributed by atoms with van der Waals surface area (Å²) in [5, 5.41) is 2.41. The van der Waals surface area contributed by atoms with E-state index in [0.717, 1.165) is 6.42 Å². The Morgan fingerprint density at radius 1 is 0.737 bits per heavy atom. The third-order valence-electron chi connectivity index (χ3n) is 8.01. The molecule has 2 aromatic carbocycles. The maximum absolute atomic E-state index is 7.27. The van der Waals surface area contributed by atoms with E-state index in [-0.39, 0.29) is 29.5 Å². The molecular weight excluding hydrogens is 496 g/mol. The van der Waals surface area contributed by atoms with Crippen LogP contribution in [0.25, 0.3) is 0 Å². The van der Waals surface area contributed by atoms with Crippen molar-refractivity contribution in [1.29, 1.82) is 0 Å². The van der Waals surface area contributed by atoms with Crippen molar-refractivity contribution in [3.05, 3.63) is 60.7 Å². The molecule has 7 heteroatoms. The van der Waals surface area contributed by atoms with Crippen molar-refractivity contribution in [2.24, 2.45) is 0 Å². The van der Waals surface area contributed by atoms with Crippen molar-refractivity contribution in [2.45, 2.75) is 108 Å². The zero-order chi connectivity index (χ0) is 27.4. The fourth-order valence-corrected chi connectivity index (χ4v) is 11.1. The molecule has 0 aliphatic carbocycles. The highest BCUT2D eigenvalue weighted by atomic mass is 28.4. The van der Waals surface area contributed by atoms with Gasteiger partial charge in [-0.25, -0.2) is 0 Å². The Balaban J connectivity index is 1.44. The largest absolute Gasteiger partial charge is 0.404 e. The minimum absolute atomic E-state index is 0.109. The lowest BCUT2D eigenvalue weighted by Crippen LogP contribution is -2.67. The van der Waals surface area contributed by atoms with Crippen molar-refractivity contribution in [3.63, 3.8) is 0 Å². The maximum Gasteiger partial charge on any atom is 0.261 e. The Morgan fingerprint density at radius 3 is 1.76 bits per heavy atom. The number of hydrogen-bond acceptors (Lipinski definition) is 6. The van der Waals surface area contributed by atoms with Crippen LogP contribution in [-0.2, 0) is 28.1 Å². The van der Waals surface area contributed by atoms with E-state index in [2.05, 4.69) is 88.4 Å². The van der Waals surface area contributed by atoms with Gasteiger partial charge in [0.15, 0.2) is 11.6 Å². The van der Waals surface area contributed by atoms with Crippen LogP contribution in [0.2, 0.25) is 5.04 Å². The molecule has 3 heterocycles. The van der Waals surface area contributed by atoms with Crippen molar-refractivity contribution in [3.8, 4) is 0 Å². The zero-order valence-corrected chi connectivity index (χ0v) is 25.2. The van der Waals surface area contributed by atoms with E-state index >= 15 is 0 Å². The molecule has 208 valence electrons. The van der Waals surface area contributed by atoms with E-state index in [0.29, 0.717) is 13.2 Å². The molecule has 0 N–H and O–H groups in total.